The van der Waals surface area contributed by atoms with Crippen LogP contribution in [0.2, 0.25) is 0 Å². The molecule has 0 spiro atoms. The SMILES string of the molecule is C[C@@H](OC(=O)c1ccc2c(c1)NC(=O)CCS2)C(=O)NNC(=O)c1ccccc1. The highest BCUT2D eigenvalue weighted by Crippen LogP contribution is 2.31. The number of thioether (sulfide) groups is 1. The molecule has 3 amide bonds. The van der Waals surface area contributed by atoms with E-state index in [0.717, 1.165) is 4.90 Å². The third-order valence-electron chi connectivity index (χ3n) is 4.06. The quantitative estimate of drug-likeness (QED) is 0.523. The maximum Gasteiger partial charge on any atom is 0.338 e. The Morgan fingerprint density at radius 1 is 1.07 bits per heavy atom. The van der Waals surface area contributed by atoms with Crippen molar-refractivity contribution in [3.63, 3.8) is 0 Å². The average Bonchev–Trinajstić information content (AvgIpc) is 2.91. The lowest BCUT2D eigenvalue weighted by molar-refractivity contribution is -0.129. The second-order valence-corrected chi connectivity index (χ2v) is 7.35. The lowest BCUT2D eigenvalue weighted by Crippen LogP contribution is -2.46. The lowest BCUT2D eigenvalue weighted by atomic mass is 10.2. The highest BCUT2D eigenvalue weighted by atomic mass is 32.2. The van der Waals surface area contributed by atoms with E-state index in [-0.39, 0.29) is 11.5 Å². The van der Waals surface area contributed by atoms with Crippen LogP contribution in [0.4, 0.5) is 5.69 Å². The fourth-order valence-electron chi connectivity index (χ4n) is 2.51. The first-order valence-electron chi connectivity index (χ1n) is 8.87. The number of amides is 3. The molecule has 1 atom stereocenters. The van der Waals surface area contributed by atoms with Gasteiger partial charge in [-0.15, -0.1) is 11.8 Å². The third kappa shape index (κ3) is 5.35. The molecule has 29 heavy (non-hydrogen) atoms. The second-order valence-electron chi connectivity index (χ2n) is 6.21. The number of carbonyl (C=O) groups excluding carboxylic acids is 4. The zero-order valence-corrected chi connectivity index (χ0v) is 16.4. The number of hydrazine groups is 1. The summed E-state index contributed by atoms with van der Waals surface area (Å²) in [6.07, 6.45) is -0.744. The van der Waals surface area contributed by atoms with Gasteiger partial charge in [-0.25, -0.2) is 4.79 Å². The van der Waals surface area contributed by atoms with Crippen molar-refractivity contribution in [2.75, 3.05) is 11.1 Å². The summed E-state index contributed by atoms with van der Waals surface area (Å²) in [6.45, 7) is 1.39. The van der Waals surface area contributed by atoms with E-state index in [1.165, 1.54) is 24.8 Å². The first kappa shape index (κ1) is 20.4. The molecule has 9 heteroatoms. The maximum absolute atomic E-state index is 12.4. The van der Waals surface area contributed by atoms with E-state index >= 15 is 0 Å². The van der Waals surface area contributed by atoms with Crippen LogP contribution in [-0.2, 0) is 14.3 Å². The number of rotatable bonds is 4. The van der Waals surface area contributed by atoms with Gasteiger partial charge in [0.05, 0.1) is 11.3 Å². The Hall–Kier alpha value is -3.33. The standard InChI is InChI=1S/C20H19N3O5S/c1-12(18(25)22-23-19(26)13-5-3-2-4-6-13)28-20(27)14-7-8-16-15(11-14)21-17(24)9-10-29-16/h2-8,11-12H,9-10H2,1H3,(H,21,24)(H,22,25)(H,23,26)/t12-/m1/s1. The van der Waals surface area contributed by atoms with Crippen molar-refractivity contribution in [2.45, 2.75) is 24.3 Å². The van der Waals surface area contributed by atoms with Crippen LogP contribution in [-0.4, -0.2) is 35.5 Å². The number of carbonyl (C=O) groups is 4. The summed E-state index contributed by atoms with van der Waals surface area (Å²) in [6, 6.07) is 13.2. The molecule has 0 aliphatic carbocycles. The molecule has 3 rings (SSSR count). The van der Waals surface area contributed by atoms with Gasteiger partial charge in [0.2, 0.25) is 5.91 Å². The molecule has 0 fully saturated rings. The molecular weight excluding hydrogens is 394 g/mol. The zero-order chi connectivity index (χ0) is 20.8. The summed E-state index contributed by atoms with van der Waals surface area (Å²) in [5.41, 5.74) is 5.62. The molecule has 0 aromatic heterocycles. The van der Waals surface area contributed by atoms with E-state index in [2.05, 4.69) is 16.2 Å². The fraction of sp³-hybridized carbons (Fsp3) is 0.200. The van der Waals surface area contributed by atoms with E-state index in [1.54, 1.807) is 42.5 Å². The molecule has 2 aromatic rings. The maximum atomic E-state index is 12.4. The third-order valence-corrected chi connectivity index (χ3v) is 5.14. The highest BCUT2D eigenvalue weighted by Gasteiger charge is 2.21. The monoisotopic (exact) mass is 413 g/mol. The van der Waals surface area contributed by atoms with Crippen LogP contribution < -0.4 is 16.2 Å². The van der Waals surface area contributed by atoms with Crippen LogP contribution in [0.1, 0.15) is 34.1 Å². The Labute approximate surface area is 171 Å². The molecule has 0 saturated heterocycles. The van der Waals surface area contributed by atoms with Gasteiger partial charge in [-0.3, -0.25) is 25.2 Å². The minimum absolute atomic E-state index is 0.122. The average molecular weight is 413 g/mol. The second kappa shape index (κ2) is 9.24. The van der Waals surface area contributed by atoms with Crippen LogP contribution in [0, 0.1) is 0 Å². The number of ether oxygens (including phenoxy) is 1. The predicted octanol–water partition coefficient (Wildman–Crippen LogP) is 2.13. The molecule has 1 heterocycles. The van der Waals surface area contributed by atoms with Crippen LogP contribution in [0.3, 0.4) is 0 Å². The van der Waals surface area contributed by atoms with Gasteiger partial charge in [-0.1, -0.05) is 18.2 Å². The molecule has 150 valence electrons. The van der Waals surface area contributed by atoms with Gasteiger partial charge in [0, 0.05) is 22.6 Å². The first-order chi connectivity index (χ1) is 13.9. The van der Waals surface area contributed by atoms with Crippen LogP contribution in [0.5, 0.6) is 0 Å². The summed E-state index contributed by atoms with van der Waals surface area (Å²) < 4.78 is 5.16. The van der Waals surface area contributed by atoms with Crippen molar-refractivity contribution in [1.82, 2.24) is 10.9 Å². The number of nitrogens with one attached hydrogen (secondary N) is 3. The van der Waals surface area contributed by atoms with E-state index in [1.807, 2.05) is 0 Å². The molecular formula is C20H19N3O5S. The van der Waals surface area contributed by atoms with Crippen molar-refractivity contribution in [1.29, 1.82) is 0 Å². The van der Waals surface area contributed by atoms with Crippen molar-refractivity contribution in [3.05, 3.63) is 59.7 Å². The number of fused-ring (bicyclic) bond motifs is 1. The van der Waals surface area contributed by atoms with Crippen molar-refractivity contribution < 1.29 is 23.9 Å². The van der Waals surface area contributed by atoms with E-state index in [9.17, 15) is 19.2 Å². The molecule has 0 unspecified atom stereocenters. The molecule has 3 N–H and O–H groups in total. The van der Waals surface area contributed by atoms with Crippen LogP contribution in [0.25, 0.3) is 0 Å². The van der Waals surface area contributed by atoms with E-state index < -0.39 is 23.9 Å². The van der Waals surface area contributed by atoms with Gasteiger partial charge in [0.25, 0.3) is 11.8 Å². The molecule has 0 saturated carbocycles. The fourth-order valence-corrected chi connectivity index (χ4v) is 3.45. The van der Waals surface area contributed by atoms with Gasteiger partial charge >= 0.3 is 5.97 Å². The molecule has 1 aliphatic heterocycles. The van der Waals surface area contributed by atoms with E-state index in [4.69, 9.17) is 4.74 Å². The molecule has 0 radical (unpaired) electrons. The molecule has 1 aliphatic rings. The van der Waals surface area contributed by atoms with Crippen molar-refractivity contribution in [3.8, 4) is 0 Å². The Morgan fingerprint density at radius 3 is 2.59 bits per heavy atom. The van der Waals surface area contributed by atoms with Gasteiger partial charge in [0.15, 0.2) is 6.10 Å². The van der Waals surface area contributed by atoms with Crippen LogP contribution >= 0.6 is 11.8 Å². The van der Waals surface area contributed by atoms with Crippen molar-refractivity contribution in [2.24, 2.45) is 0 Å². The van der Waals surface area contributed by atoms with Gasteiger partial charge in [-0.05, 0) is 37.3 Å². The minimum atomic E-state index is -1.14. The van der Waals surface area contributed by atoms with Gasteiger partial charge in [0.1, 0.15) is 0 Å². The summed E-state index contributed by atoms with van der Waals surface area (Å²) in [4.78, 5) is 49.0. The molecule has 0 bridgehead atoms. The molecule has 2 aromatic carbocycles. The van der Waals surface area contributed by atoms with E-state index in [0.29, 0.717) is 23.4 Å². The smallest absolute Gasteiger partial charge is 0.338 e. The summed E-state index contributed by atoms with van der Waals surface area (Å²) in [7, 11) is 0. The molecule has 8 nitrogen and oxygen atoms in total. The first-order valence-corrected chi connectivity index (χ1v) is 9.85. The summed E-state index contributed by atoms with van der Waals surface area (Å²) >= 11 is 1.52. The highest BCUT2D eigenvalue weighted by molar-refractivity contribution is 7.99. The summed E-state index contributed by atoms with van der Waals surface area (Å²) in [5, 5.41) is 2.75. The number of esters is 1. The Balaban J connectivity index is 1.56. The minimum Gasteiger partial charge on any atom is -0.449 e. The largest absolute Gasteiger partial charge is 0.449 e. The normalized spacial score (nSPS) is 13.9. The number of anilines is 1. The number of hydrogen-bond acceptors (Lipinski definition) is 6. The van der Waals surface area contributed by atoms with Gasteiger partial charge < -0.3 is 10.1 Å². The number of hydrogen-bond donors (Lipinski definition) is 3. The number of benzene rings is 2. The Morgan fingerprint density at radius 2 is 1.83 bits per heavy atom. The predicted molar refractivity (Wildman–Crippen MR) is 107 cm³/mol. The topological polar surface area (TPSA) is 114 Å². The lowest BCUT2D eigenvalue weighted by Gasteiger charge is -2.15. The van der Waals surface area contributed by atoms with Crippen molar-refractivity contribution >= 4 is 41.1 Å². The Kier molecular flexibility index (Phi) is 6.50. The van der Waals surface area contributed by atoms with Gasteiger partial charge in [-0.2, -0.15) is 0 Å². The van der Waals surface area contributed by atoms with Crippen LogP contribution in [0.15, 0.2) is 53.4 Å². The zero-order valence-electron chi connectivity index (χ0n) is 15.6. The Bertz CT molecular complexity index is 948. The summed E-state index contributed by atoms with van der Waals surface area (Å²) in [5.74, 6) is -1.34.